The molecule has 0 saturated carbocycles. The van der Waals surface area contributed by atoms with E-state index in [4.69, 9.17) is 17.4 Å². The van der Waals surface area contributed by atoms with Crippen LogP contribution in [-0.4, -0.2) is 16.9 Å². The Kier molecular flexibility index (Phi) is 5.88. The molecule has 0 unspecified atom stereocenters. The molecule has 2 N–H and O–H groups in total. The molecule has 0 aliphatic heterocycles. The number of hydrogen-bond donors (Lipinski definition) is 1. The van der Waals surface area contributed by atoms with Gasteiger partial charge in [0.15, 0.2) is 0 Å². The molecule has 0 rings (SSSR count). The number of carbonyl (C=O) groups is 1. The normalized spacial score (nSPS) is 9.27. The maximum Gasteiger partial charge on any atom is 0.330 e. The van der Waals surface area contributed by atoms with E-state index in [1.165, 1.54) is 0 Å². The molecule has 4 heteroatoms. The van der Waals surface area contributed by atoms with Crippen LogP contribution >= 0.6 is 11.6 Å². The zero-order chi connectivity index (χ0) is 8.69. The molecule has 0 bridgehead atoms. The van der Waals surface area contributed by atoms with Crippen LogP contribution in [0.4, 0.5) is 4.79 Å². The van der Waals surface area contributed by atoms with Crippen molar-refractivity contribution in [2.45, 2.75) is 19.3 Å². The van der Waals surface area contributed by atoms with Crippen molar-refractivity contribution in [3.63, 3.8) is 0 Å². The third-order valence-electron chi connectivity index (χ3n) is 1.28. The number of hydrogen-bond acceptors (Lipinski definition) is 2. The van der Waals surface area contributed by atoms with E-state index in [0.29, 0.717) is 6.54 Å². The fourth-order valence-electron chi connectivity index (χ4n) is 0.659. The Morgan fingerprint density at radius 2 is 2.27 bits per heavy atom. The molecule has 0 spiro atoms. The Balaban J connectivity index is 3.24. The van der Waals surface area contributed by atoms with Crippen LogP contribution < -0.4 is 5.84 Å². The van der Waals surface area contributed by atoms with Crippen molar-refractivity contribution >= 4 is 17.0 Å². The fourth-order valence-corrected chi connectivity index (χ4v) is 0.743. The van der Waals surface area contributed by atoms with Crippen molar-refractivity contribution in [1.82, 2.24) is 5.01 Å². The molecular formula is C7H13ClN2O. The van der Waals surface area contributed by atoms with Gasteiger partial charge < -0.3 is 0 Å². The molecular weight excluding hydrogens is 164 g/mol. The second-order valence-corrected chi connectivity index (χ2v) is 2.55. The van der Waals surface area contributed by atoms with E-state index < -0.39 is 5.37 Å². The van der Waals surface area contributed by atoms with Crippen LogP contribution in [0, 0.1) is 0 Å². The van der Waals surface area contributed by atoms with Crippen molar-refractivity contribution in [2.75, 3.05) is 6.54 Å². The first-order chi connectivity index (χ1) is 5.18. The summed E-state index contributed by atoms with van der Waals surface area (Å²) in [6.07, 6.45) is 4.63. The Hall–Kier alpha value is -0.540. The Morgan fingerprint density at radius 3 is 2.73 bits per heavy atom. The van der Waals surface area contributed by atoms with Gasteiger partial charge in [-0.1, -0.05) is 6.08 Å². The topological polar surface area (TPSA) is 46.3 Å². The summed E-state index contributed by atoms with van der Waals surface area (Å²) in [6.45, 7) is 4.08. The number of nitrogens with two attached hydrogens (primary N) is 1. The summed E-state index contributed by atoms with van der Waals surface area (Å²) < 4.78 is 0. The minimum atomic E-state index is -0.608. The van der Waals surface area contributed by atoms with E-state index in [-0.39, 0.29) is 0 Å². The molecule has 0 radical (unpaired) electrons. The lowest BCUT2D eigenvalue weighted by atomic mass is 10.2. The fraction of sp³-hybridized carbons (Fsp3) is 0.571. The molecule has 0 aliphatic rings. The minimum Gasteiger partial charge on any atom is -0.267 e. The first-order valence-corrected chi connectivity index (χ1v) is 3.89. The molecule has 0 aromatic carbocycles. The summed E-state index contributed by atoms with van der Waals surface area (Å²) in [5.74, 6) is 5.22. The van der Waals surface area contributed by atoms with E-state index in [2.05, 4.69) is 6.58 Å². The van der Waals surface area contributed by atoms with Crippen LogP contribution in [0.5, 0.6) is 0 Å². The highest BCUT2D eigenvalue weighted by atomic mass is 35.5. The highest BCUT2D eigenvalue weighted by Gasteiger charge is 2.02. The van der Waals surface area contributed by atoms with Crippen molar-refractivity contribution in [2.24, 2.45) is 5.84 Å². The van der Waals surface area contributed by atoms with Gasteiger partial charge >= 0.3 is 5.37 Å². The first-order valence-electron chi connectivity index (χ1n) is 3.51. The monoisotopic (exact) mass is 176 g/mol. The summed E-state index contributed by atoms with van der Waals surface area (Å²) in [7, 11) is 0. The Morgan fingerprint density at radius 1 is 1.64 bits per heavy atom. The van der Waals surface area contributed by atoms with Gasteiger partial charge in [-0.25, -0.2) is 5.84 Å². The van der Waals surface area contributed by atoms with E-state index in [1.54, 1.807) is 0 Å². The predicted octanol–water partition coefficient (Wildman–Crippen LogP) is 1.88. The standard InChI is InChI=1S/C7H13ClN2O/c1-2-3-4-5-6-10(9)7(8)11/h2H,1,3-6,9H2. The first kappa shape index (κ1) is 10.5. The summed E-state index contributed by atoms with van der Waals surface area (Å²) >= 11 is 5.08. The number of amides is 1. The third-order valence-corrected chi connectivity index (χ3v) is 1.50. The smallest absolute Gasteiger partial charge is 0.267 e. The van der Waals surface area contributed by atoms with E-state index in [0.717, 1.165) is 24.3 Å². The number of hydrazine groups is 1. The molecule has 64 valence electrons. The van der Waals surface area contributed by atoms with Crippen LogP contribution in [0.25, 0.3) is 0 Å². The molecule has 0 atom stereocenters. The predicted molar refractivity (Wildman–Crippen MR) is 46.2 cm³/mol. The third kappa shape index (κ3) is 5.88. The summed E-state index contributed by atoms with van der Waals surface area (Å²) in [6, 6.07) is 0. The lowest BCUT2D eigenvalue weighted by molar-refractivity contribution is 0.222. The molecule has 3 nitrogen and oxygen atoms in total. The van der Waals surface area contributed by atoms with Crippen molar-refractivity contribution < 1.29 is 4.79 Å². The molecule has 0 aromatic rings. The summed E-state index contributed by atoms with van der Waals surface area (Å²) in [5.41, 5.74) is 0. The quantitative estimate of drug-likeness (QED) is 0.132. The lowest BCUT2D eigenvalue weighted by Gasteiger charge is -2.11. The van der Waals surface area contributed by atoms with Crippen molar-refractivity contribution in [3.8, 4) is 0 Å². The van der Waals surface area contributed by atoms with Crippen molar-refractivity contribution in [1.29, 1.82) is 0 Å². The van der Waals surface area contributed by atoms with Gasteiger partial charge in [-0.3, -0.25) is 9.80 Å². The Bertz CT molecular complexity index is 138. The number of halogens is 1. The molecule has 11 heavy (non-hydrogen) atoms. The number of rotatable bonds is 5. The second kappa shape index (κ2) is 6.19. The number of allylic oxidation sites excluding steroid dienone is 1. The van der Waals surface area contributed by atoms with Crippen LogP contribution in [0.1, 0.15) is 19.3 Å². The number of nitrogens with zero attached hydrogens (tertiary/aromatic N) is 1. The maximum atomic E-state index is 10.4. The van der Waals surface area contributed by atoms with Gasteiger partial charge in [0.25, 0.3) is 0 Å². The van der Waals surface area contributed by atoms with Gasteiger partial charge in [-0.2, -0.15) is 0 Å². The molecule has 0 fully saturated rings. The summed E-state index contributed by atoms with van der Waals surface area (Å²) in [4.78, 5) is 10.4. The van der Waals surface area contributed by atoms with Crippen LogP contribution in [-0.2, 0) is 0 Å². The largest absolute Gasteiger partial charge is 0.330 e. The van der Waals surface area contributed by atoms with Gasteiger partial charge in [0, 0.05) is 6.54 Å². The summed E-state index contributed by atoms with van der Waals surface area (Å²) in [5, 5.41) is 0.397. The number of carbonyl (C=O) groups excluding carboxylic acids is 1. The zero-order valence-corrected chi connectivity index (χ0v) is 7.18. The molecule has 0 aliphatic carbocycles. The zero-order valence-electron chi connectivity index (χ0n) is 6.42. The van der Waals surface area contributed by atoms with Gasteiger partial charge in [0.05, 0.1) is 0 Å². The molecule has 0 aromatic heterocycles. The Labute approximate surface area is 71.8 Å². The van der Waals surface area contributed by atoms with Crippen LogP contribution in [0.15, 0.2) is 12.7 Å². The number of unbranched alkanes of at least 4 members (excludes halogenated alkanes) is 2. The molecule has 1 amide bonds. The minimum absolute atomic E-state index is 0.510. The average molecular weight is 177 g/mol. The van der Waals surface area contributed by atoms with Gasteiger partial charge in [-0.15, -0.1) is 6.58 Å². The van der Waals surface area contributed by atoms with E-state index in [9.17, 15) is 4.79 Å². The maximum absolute atomic E-state index is 10.4. The van der Waals surface area contributed by atoms with Gasteiger partial charge in [0.1, 0.15) is 0 Å². The molecule has 0 heterocycles. The van der Waals surface area contributed by atoms with E-state index in [1.807, 2.05) is 6.08 Å². The highest BCUT2D eigenvalue weighted by molar-refractivity contribution is 6.62. The van der Waals surface area contributed by atoms with Gasteiger partial charge in [0.2, 0.25) is 0 Å². The lowest BCUT2D eigenvalue weighted by Crippen LogP contribution is -2.34. The van der Waals surface area contributed by atoms with Crippen molar-refractivity contribution in [3.05, 3.63) is 12.7 Å². The molecule has 0 saturated heterocycles. The SMILES string of the molecule is C=CCCCCN(N)C(=O)Cl. The van der Waals surface area contributed by atoms with E-state index >= 15 is 0 Å². The highest BCUT2D eigenvalue weighted by Crippen LogP contribution is 1.98. The van der Waals surface area contributed by atoms with Crippen LogP contribution in [0.2, 0.25) is 0 Å². The van der Waals surface area contributed by atoms with Crippen LogP contribution in [0.3, 0.4) is 0 Å². The average Bonchev–Trinajstić information content (AvgIpc) is 1.97. The second-order valence-electron chi connectivity index (χ2n) is 2.23. The van der Waals surface area contributed by atoms with Gasteiger partial charge in [-0.05, 0) is 30.9 Å².